The molecule has 22 heavy (non-hydrogen) atoms. The van der Waals surface area contributed by atoms with E-state index in [0.717, 1.165) is 25.7 Å². The average Bonchev–Trinajstić information content (AvgIpc) is 2.56. The molecule has 0 saturated heterocycles. The molecule has 0 radical (unpaired) electrons. The van der Waals surface area contributed by atoms with Gasteiger partial charge < -0.3 is 5.21 Å². The van der Waals surface area contributed by atoms with Crippen molar-refractivity contribution in [3.05, 3.63) is 42.2 Å². The van der Waals surface area contributed by atoms with Gasteiger partial charge in [0.25, 0.3) is 0 Å². The van der Waals surface area contributed by atoms with Crippen molar-refractivity contribution >= 4 is 6.21 Å². The molecule has 0 bridgehead atoms. The lowest BCUT2D eigenvalue weighted by Crippen LogP contribution is -1.87. The topological polar surface area (TPSA) is 45.5 Å². The Morgan fingerprint density at radius 2 is 1.64 bits per heavy atom. The Labute approximate surface area is 135 Å². The molecule has 0 amide bonds. The first-order valence-electron chi connectivity index (χ1n) is 8.63. The van der Waals surface area contributed by atoms with Crippen LogP contribution in [0.1, 0.15) is 69.8 Å². The number of aromatic nitrogens is 1. The maximum Gasteiger partial charge on any atom is 0.0436 e. The fraction of sp³-hybridized carbons (Fsp3) is 0.579. The molecule has 3 nitrogen and oxygen atoms in total. The van der Waals surface area contributed by atoms with E-state index in [2.05, 4.69) is 28.4 Å². The Morgan fingerprint density at radius 3 is 2.36 bits per heavy atom. The molecule has 1 N–H and O–H groups in total. The van der Waals surface area contributed by atoms with E-state index in [9.17, 15) is 0 Å². The Kier molecular flexibility index (Phi) is 12.0. The van der Waals surface area contributed by atoms with Gasteiger partial charge in [-0.3, -0.25) is 4.98 Å². The van der Waals surface area contributed by atoms with Crippen LogP contribution in [0.5, 0.6) is 0 Å². The van der Waals surface area contributed by atoms with Crippen molar-refractivity contribution < 1.29 is 5.21 Å². The lowest BCUT2D eigenvalue weighted by Gasteiger charge is -2.01. The molecule has 0 aromatic carbocycles. The highest BCUT2D eigenvalue weighted by molar-refractivity contribution is 5.55. The van der Waals surface area contributed by atoms with Crippen LogP contribution in [-0.4, -0.2) is 16.4 Å². The zero-order valence-electron chi connectivity index (χ0n) is 13.7. The van der Waals surface area contributed by atoms with E-state index >= 15 is 0 Å². The molecule has 3 heteroatoms. The summed E-state index contributed by atoms with van der Waals surface area (Å²) in [4.78, 5) is 4.15. The van der Waals surface area contributed by atoms with Crippen LogP contribution in [0.4, 0.5) is 0 Å². The highest BCUT2D eigenvalue weighted by atomic mass is 16.4. The third-order valence-corrected chi connectivity index (χ3v) is 3.76. The Balaban J connectivity index is 1.81. The van der Waals surface area contributed by atoms with Gasteiger partial charge in [-0.15, -0.1) is 5.16 Å². The van der Waals surface area contributed by atoms with E-state index in [1.54, 1.807) is 6.21 Å². The minimum atomic E-state index is 0.861. The maximum atomic E-state index is 8.25. The summed E-state index contributed by atoms with van der Waals surface area (Å²) < 4.78 is 0. The van der Waals surface area contributed by atoms with Crippen molar-refractivity contribution in [3.63, 3.8) is 0 Å². The summed E-state index contributed by atoms with van der Waals surface area (Å²) in [6, 6.07) is 4.18. The zero-order chi connectivity index (χ0) is 15.7. The molecule has 1 heterocycles. The number of aryl methyl sites for hydroxylation is 1. The molecular formula is C19H30N2O. The lowest BCUT2D eigenvalue weighted by atomic mass is 10.1. The van der Waals surface area contributed by atoms with Gasteiger partial charge in [0.2, 0.25) is 0 Å². The van der Waals surface area contributed by atoms with Crippen molar-refractivity contribution in [2.75, 3.05) is 0 Å². The standard InChI is InChI=1S/C19H30N2O/c22-21-17-12-10-8-6-4-2-1-3-5-7-9-11-14-19-15-13-16-20-18-19/h4,6,13,15-18,22H,1-3,5,7-12,14H2. The number of hydrogen-bond acceptors (Lipinski definition) is 3. The van der Waals surface area contributed by atoms with Gasteiger partial charge in [-0.1, -0.05) is 43.9 Å². The van der Waals surface area contributed by atoms with E-state index in [4.69, 9.17) is 5.21 Å². The Hall–Kier alpha value is -1.64. The van der Waals surface area contributed by atoms with Crippen molar-refractivity contribution in [2.24, 2.45) is 5.16 Å². The molecule has 0 saturated carbocycles. The Morgan fingerprint density at radius 1 is 0.909 bits per heavy atom. The number of allylic oxidation sites excluding steroid dienone is 2. The van der Waals surface area contributed by atoms with E-state index in [1.165, 1.54) is 50.5 Å². The summed E-state index contributed by atoms with van der Waals surface area (Å²) in [5.41, 5.74) is 1.36. The molecule has 0 aliphatic rings. The molecule has 122 valence electrons. The van der Waals surface area contributed by atoms with Crippen molar-refractivity contribution in [1.29, 1.82) is 0 Å². The molecular weight excluding hydrogens is 272 g/mol. The fourth-order valence-corrected chi connectivity index (χ4v) is 2.46. The molecule has 0 atom stereocenters. The van der Waals surface area contributed by atoms with Gasteiger partial charge in [0.15, 0.2) is 0 Å². The summed E-state index contributed by atoms with van der Waals surface area (Å²) in [6.45, 7) is 0. The second-order valence-corrected chi connectivity index (χ2v) is 5.72. The van der Waals surface area contributed by atoms with E-state index in [-0.39, 0.29) is 0 Å². The van der Waals surface area contributed by atoms with Crippen molar-refractivity contribution in [3.8, 4) is 0 Å². The highest BCUT2D eigenvalue weighted by Crippen LogP contribution is 2.10. The largest absolute Gasteiger partial charge is 0.411 e. The maximum absolute atomic E-state index is 8.25. The van der Waals surface area contributed by atoms with Gasteiger partial charge in [0.05, 0.1) is 0 Å². The summed E-state index contributed by atoms with van der Waals surface area (Å²) in [7, 11) is 0. The Bertz CT molecular complexity index is 401. The second kappa shape index (κ2) is 14.3. The van der Waals surface area contributed by atoms with Crippen LogP contribution in [0.25, 0.3) is 0 Å². The quantitative estimate of drug-likeness (QED) is 0.171. The van der Waals surface area contributed by atoms with Gasteiger partial charge in [-0.2, -0.15) is 0 Å². The molecule has 0 aliphatic heterocycles. The minimum Gasteiger partial charge on any atom is -0.411 e. The number of rotatable bonds is 13. The summed E-state index contributed by atoms with van der Waals surface area (Å²) in [6.07, 6.45) is 23.2. The van der Waals surface area contributed by atoms with Gasteiger partial charge in [-0.05, 0) is 56.6 Å². The van der Waals surface area contributed by atoms with Crippen LogP contribution >= 0.6 is 0 Å². The first-order chi connectivity index (χ1) is 10.9. The summed E-state index contributed by atoms with van der Waals surface area (Å²) in [5.74, 6) is 0. The monoisotopic (exact) mass is 302 g/mol. The average molecular weight is 302 g/mol. The molecule has 1 aromatic heterocycles. The first-order valence-corrected chi connectivity index (χ1v) is 8.63. The van der Waals surface area contributed by atoms with Crippen LogP contribution in [-0.2, 0) is 6.42 Å². The number of pyridine rings is 1. The predicted octanol–water partition coefficient (Wildman–Crippen LogP) is 5.54. The molecule has 1 aromatic rings. The third kappa shape index (κ3) is 11.1. The van der Waals surface area contributed by atoms with Gasteiger partial charge in [-0.25, -0.2) is 0 Å². The van der Waals surface area contributed by atoms with Crippen LogP contribution in [0.15, 0.2) is 41.8 Å². The van der Waals surface area contributed by atoms with Crippen molar-refractivity contribution in [1.82, 2.24) is 4.98 Å². The third-order valence-electron chi connectivity index (χ3n) is 3.76. The zero-order valence-corrected chi connectivity index (χ0v) is 13.7. The highest BCUT2D eigenvalue weighted by Gasteiger charge is 1.94. The number of unbranched alkanes of at least 4 members (excludes halogenated alkanes) is 8. The summed E-state index contributed by atoms with van der Waals surface area (Å²) >= 11 is 0. The number of nitrogens with zero attached hydrogens (tertiary/aromatic N) is 2. The predicted molar refractivity (Wildman–Crippen MR) is 93.5 cm³/mol. The van der Waals surface area contributed by atoms with Gasteiger partial charge in [0.1, 0.15) is 0 Å². The van der Waals surface area contributed by atoms with Gasteiger partial charge in [0, 0.05) is 18.6 Å². The first kappa shape index (κ1) is 18.4. The number of hydrogen-bond donors (Lipinski definition) is 1. The van der Waals surface area contributed by atoms with E-state index < -0.39 is 0 Å². The second-order valence-electron chi connectivity index (χ2n) is 5.72. The molecule has 1 rings (SSSR count). The minimum absolute atomic E-state index is 0.861. The normalized spacial score (nSPS) is 11.6. The van der Waals surface area contributed by atoms with Gasteiger partial charge >= 0.3 is 0 Å². The fourth-order valence-electron chi connectivity index (χ4n) is 2.46. The van der Waals surface area contributed by atoms with E-state index in [1.807, 2.05) is 18.5 Å². The number of oxime groups is 1. The van der Waals surface area contributed by atoms with Crippen LogP contribution in [0.2, 0.25) is 0 Å². The molecule has 0 aliphatic carbocycles. The molecule has 0 unspecified atom stereocenters. The SMILES string of the molecule is ON=CCCCC=CCCCCCCCCc1cccnc1. The van der Waals surface area contributed by atoms with Crippen LogP contribution in [0.3, 0.4) is 0 Å². The molecule has 0 spiro atoms. The summed E-state index contributed by atoms with van der Waals surface area (Å²) in [5, 5.41) is 11.2. The lowest BCUT2D eigenvalue weighted by molar-refractivity contribution is 0.320. The molecule has 0 fully saturated rings. The van der Waals surface area contributed by atoms with E-state index in [0.29, 0.717) is 0 Å². The smallest absolute Gasteiger partial charge is 0.0436 e. The van der Waals surface area contributed by atoms with Crippen LogP contribution < -0.4 is 0 Å². The van der Waals surface area contributed by atoms with Crippen molar-refractivity contribution in [2.45, 2.75) is 70.6 Å². The van der Waals surface area contributed by atoms with Crippen LogP contribution in [0, 0.1) is 0 Å².